The molecule has 0 saturated carbocycles. The maximum absolute atomic E-state index is 11.5. The SMILES string of the molecule is CCCc1cc(=O)[nH]c(C(N)(CC)CC)n1. The predicted molar refractivity (Wildman–Crippen MR) is 65.3 cm³/mol. The number of hydrogen-bond acceptors (Lipinski definition) is 3. The van der Waals surface area contributed by atoms with Gasteiger partial charge in [0.25, 0.3) is 5.56 Å². The fourth-order valence-corrected chi connectivity index (χ4v) is 1.71. The molecule has 0 fully saturated rings. The molecule has 0 amide bonds. The number of aryl methyl sites for hydroxylation is 1. The molecule has 1 aromatic rings. The quantitative estimate of drug-likeness (QED) is 0.798. The van der Waals surface area contributed by atoms with E-state index < -0.39 is 5.54 Å². The summed E-state index contributed by atoms with van der Waals surface area (Å²) in [6.45, 7) is 6.09. The molecule has 0 unspecified atom stereocenters. The molecule has 16 heavy (non-hydrogen) atoms. The summed E-state index contributed by atoms with van der Waals surface area (Å²) in [5.74, 6) is 0.619. The fourth-order valence-electron chi connectivity index (χ4n) is 1.71. The van der Waals surface area contributed by atoms with Gasteiger partial charge in [-0.2, -0.15) is 0 Å². The Morgan fingerprint density at radius 2 is 2.00 bits per heavy atom. The number of nitrogens with two attached hydrogens (primary N) is 1. The van der Waals surface area contributed by atoms with Gasteiger partial charge in [0.05, 0.1) is 5.54 Å². The lowest BCUT2D eigenvalue weighted by molar-refractivity contribution is 0.384. The van der Waals surface area contributed by atoms with Crippen molar-refractivity contribution in [3.8, 4) is 0 Å². The molecule has 0 aliphatic rings. The minimum absolute atomic E-state index is 0.106. The summed E-state index contributed by atoms with van der Waals surface area (Å²) in [7, 11) is 0. The molecule has 4 heteroatoms. The van der Waals surface area contributed by atoms with Gasteiger partial charge >= 0.3 is 0 Å². The van der Waals surface area contributed by atoms with E-state index in [9.17, 15) is 4.79 Å². The summed E-state index contributed by atoms with van der Waals surface area (Å²) < 4.78 is 0. The van der Waals surface area contributed by atoms with Crippen molar-refractivity contribution in [3.05, 3.63) is 27.9 Å². The lowest BCUT2D eigenvalue weighted by atomic mass is 9.93. The molecule has 3 N–H and O–H groups in total. The van der Waals surface area contributed by atoms with E-state index in [1.165, 1.54) is 0 Å². The zero-order valence-electron chi connectivity index (χ0n) is 10.3. The van der Waals surface area contributed by atoms with E-state index in [1.54, 1.807) is 6.07 Å². The zero-order chi connectivity index (χ0) is 12.2. The molecular formula is C12H21N3O. The molecule has 0 spiro atoms. The largest absolute Gasteiger partial charge is 0.319 e. The Labute approximate surface area is 96.3 Å². The lowest BCUT2D eigenvalue weighted by Gasteiger charge is -2.25. The van der Waals surface area contributed by atoms with Gasteiger partial charge in [0.15, 0.2) is 0 Å². The topological polar surface area (TPSA) is 71.8 Å². The molecule has 0 radical (unpaired) electrons. The Balaban J connectivity index is 3.18. The van der Waals surface area contributed by atoms with Crippen molar-refractivity contribution in [2.75, 3.05) is 0 Å². The minimum atomic E-state index is -0.511. The highest BCUT2D eigenvalue weighted by Gasteiger charge is 2.26. The Bertz CT molecular complexity index is 393. The van der Waals surface area contributed by atoms with Crippen molar-refractivity contribution in [1.29, 1.82) is 0 Å². The summed E-state index contributed by atoms with van der Waals surface area (Å²) in [6, 6.07) is 1.55. The third-order valence-corrected chi connectivity index (χ3v) is 3.03. The normalized spacial score (nSPS) is 11.8. The van der Waals surface area contributed by atoms with Gasteiger partial charge in [0.2, 0.25) is 0 Å². The Morgan fingerprint density at radius 1 is 1.38 bits per heavy atom. The van der Waals surface area contributed by atoms with Crippen LogP contribution < -0.4 is 11.3 Å². The average Bonchev–Trinajstić information content (AvgIpc) is 2.27. The number of nitrogens with one attached hydrogen (secondary N) is 1. The Kier molecular flexibility index (Phi) is 4.24. The van der Waals surface area contributed by atoms with E-state index in [2.05, 4.69) is 16.9 Å². The van der Waals surface area contributed by atoms with E-state index in [-0.39, 0.29) is 5.56 Å². The van der Waals surface area contributed by atoms with Crippen molar-refractivity contribution in [2.45, 2.75) is 52.0 Å². The molecule has 1 rings (SSSR count). The highest BCUT2D eigenvalue weighted by atomic mass is 16.1. The molecule has 0 saturated heterocycles. The van der Waals surface area contributed by atoms with Crippen LogP contribution in [0.15, 0.2) is 10.9 Å². The molecule has 0 atom stereocenters. The van der Waals surface area contributed by atoms with Gasteiger partial charge in [0, 0.05) is 11.8 Å². The first-order chi connectivity index (χ1) is 7.55. The molecule has 0 aromatic carbocycles. The highest BCUT2D eigenvalue weighted by molar-refractivity contribution is 5.10. The average molecular weight is 223 g/mol. The van der Waals surface area contributed by atoms with Gasteiger partial charge in [-0.1, -0.05) is 27.2 Å². The zero-order valence-corrected chi connectivity index (χ0v) is 10.3. The number of rotatable bonds is 5. The van der Waals surface area contributed by atoms with Gasteiger partial charge in [-0.3, -0.25) is 4.79 Å². The molecule has 0 bridgehead atoms. The third-order valence-electron chi connectivity index (χ3n) is 3.03. The first kappa shape index (κ1) is 12.9. The van der Waals surface area contributed by atoms with Gasteiger partial charge in [-0.05, 0) is 19.3 Å². The predicted octanol–water partition coefficient (Wildman–Crippen LogP) is 1.70. The first-order valence-electron chi connectivity index (χ1n) is 5.95. The maximum Gasteiger partial charge on any atom is 0.251 e. The first-order valence-corrected chi connectivity index (χ1v) is 5.95. The second kappa shape index (κ2) is 5.25. The van der Waals surface area contributed by atoms with Crippen LogP contribution in [-0.4, -0.2) is 9.97 Å². The van der Waals surface area contributed by atoms with Crippen molar-refractivity contribution in [3.63, 3.8) is 0 Å². The molecule has 0 aliphatic heterocycles. The van der Waals surface area contributed by atoms with Crippen molar-refractivity contribution in [2.24, 2.45) is 5.73 Å². The number of aromatic nitrogens is 2. The summed E-state index contributed by atoms with van der Waals surface area (Å²) in [5.41, 5.74) is 6.43. The molecular weight excluding hydrogens is 202 g/mol. The smallest absolute Gasteiger partial charge is 0.251 e. The number of H-pyrrole nitrogens is 1. The van der Waals surface area contributed by atoms with Crippen LogP contribution in [0.3, 0.4) is 0 Å². The van der Waals surface area contributed by atoms with Crippen LogP contribution in [0.25, 0.3) is 0 Å². The highest BCUT2D eigenvalue weighted by Crippen LogP contribution is 2.21. The summed E-state index contributed by atoms with van der Waals surface area (Å²) in [6.07, 6.45) is 3.33. The minimum Gasteiger partial charge on any atom is -0.319 e. The van der Waals surface area contributed by atoms with Crippen molar-refractivity contribution >= 4 is 0 Å². The fraction of sp³-hybridized carbons (Fsp3) is 0.667. The molecule has 0 aliphatic carbocycles. The van der Waals surface area contributed by atoms with Crippen LogP contribution in [-0.2, 0) is 12.0 Å². The second-order valence-electron chi connectivity index (χ2n) is 4.20. The number of nitrogens with zero attached hydrogens (tertiary/aromatic N) is 1. The van der Waals surface area contributed by atoms with E-state index in [0.717, 1.165) is 31.4 Å². The van der Waals surface area contributed by atoms with E-state index >= 15 is 0 Å². The molecule has 4 nitrogen and oxygen atoms in total. The Morgan fingerprint density at radius 3 is 2.50 bits per heavy atom. The van der Waals surface area contributed by atoms with Crippen LogP contribution in [0, 0.1) is 0 Å². The standard InChI is InChI=1S/C12H21N3O/c1-4-7-9-8-10(16)15-11(14-9)12(13,5-2)6-3/h8H,4-7,13H2,1-3H3,(H,14,15,16). The molecule has 1 aromatic heterocycles. The van der Waals surface area contributed by atoms with Crippen LogP contribution in [0.2, 0.25) is 0 Å². The molecule has 90 valence electrons. The lowest BCUT2D eigenvalue weighted by Crippen LogP contribution is -2.39. The van der Waals surface area contributed by atoms with E-state index in [1.807, 2.05) is 13.8 Å². The van der Waals surface area contributed by atoms with E-state index in [0.29, 0.717) is 5.82 Å². The number of hydrogen-bond donors (Lipinski definition) is 2. The van der Waals surface area contributed by atoms with Crippen LogP contribution in [0.5, 0.6) is 0 Å². The van der Waals surface area contributed by atoms with E-state index in [4.69, 9.17) is 5.73 Å². The number of aromatic amines is 1. The summed E-state index contributed by atoms with van der Waals surface area (Å²) in [4.78, 5) is 18.7. The van der Waals surface area contributed by atoms with Crippen molar-refractivity contribution < 1.29 is 0 Å². The summed E-state index contributed by atoms with van der Waals surface area (Å²) >= 11 is 0. The van der Waals surface area contributed by atoms with Gasteiger partial charge < -0.3 is 10.7 Å². The van der Waals surface area contributed by atoms with Crippen LogP contribution in [0.4, 0.5) is 0 Å². The van der Waals surface area contributed by atoms with Gasteiger partial charge in [-0.25, -0.2) is 4.98 Å². The maximum atomic E-state index is 11.5. The monoisotopic (exact) mass is 223 g/mol. The van der Waals surface area contributed by atoms with Crippen LogP contribution in [0.1, 0.15) is 51.6 Å². The Hall–Kier alpha value is -1.16. The van der Waals surface area contributed by atoms with Gasteiger partial charge in [-0.15, -0.1) is 0 Å². The third kappa shape index (κ3) is 2.70. The van der Waals surface area contributed by atoms with Gasteiger partial charge in [0.1, 0.15) is 5.82 Å². The van der Waals surface area contributed by atoms with Crippen LogP contribution >= 0.6 is 0 Å². The molecule has 1 heterocycles. The summed E-state index contributed by atoms with van der Waals surface area (Å²) in [5, 5.41) is 0. The van der Waals surface area contributed by atoms with Crippen molar-refractivity contribution in [1.82, 2.24) is 9.97 Å². The second-order valence-corrected chi connectivity index (χ2v) is 4.20.